The highest BCUT2D eigenvalue weighted by Gasteiger charge is 2.48. The van der Waals surface area contributed by atoms with Crippen LogP contribution in [0.3, 0.4) is 0 Å². The molecule has 0 N–H and O–H groups in total. The maximum atomic E-state index is 6.99. The van der Waals surface area contributed by atoms with E-state index in [4.69, 9.17) is 24.4 Å². The zero-order valence-electron chi connectivity index (χ0n) is 30.7. The first-order valence-electron chi connectivity index (χ1n) is 19.1. The van der Waals surface area contributed by atoms with Gasteiger partial charge in [-0.15, -0.1) is 0 Å². The Morgan fingerprint density at radius 2 is 0.807 bits per heavy atom. The number of hydrogen-bond acceptors (Lipinski definition) is 5. The van der Waals surface area contributed by atoms with Crippen LogP contribution in [0, 0.1) is 0 Å². The summed E-state index contributed by atoms with van der Waals surface area (Å²) in [7, 11) is 0. The number of rotatable bonds is 6. The second-order valence-electron chi connectivity index (χ2n) is 14.3. The summed E-state index contributed by atoms with van der Waals surface area (Å²) in [5.74, 6) is 4.54. The van der Waals surface area contributed by atoms with Crippen molar-refractivity contribution in [2.24, 2.45) is 0 Å². The number of ether oxygens (including phenoxy) is 2. The minimum atomic E-state index is -0.537. The zero-order valence-corrected chi connectivity index (χ0v) is 30.7. The highest BCUT2D eigenvalue weighted by Crippen LogP contribution is 2.62. The van der Waals surface area contributed by atoms with Gasteiger partial charge in [-0.05, 0) is 51.6 Å². The Labute approximate surface area is 330 Å². The number of para-hydroxylation sites is 1. The van der Waals surface area contributed by atoms with Crippen molar-refractivity contribution >= 4 is 0 Å². The summed E-state index contributed by atoms with van der Waals surface area (Å²) < 4.78 is 13.9. The molecular formula is C52H33N3O2. The monoisotopic (exact) mass is 731 g/mol. The van der Waals surface area contributed by atoms with Crippen LogP contribution < -0.4 is 9.47 Å². The van der Waals surface area contributed by atoms with Gasteiger partial charge in [0.05, 0.1) is 5.41 Å². The van der Waals surface area contributed by atoms with E-state index in [1.54, 1.807) is 0 Å². The topological polar surface area (TPSA) is 57.1 Å². The summed E-state index contributed by atoms with van der Waals surface area (Å²) in [5.41, 5.74) is 11.0. The van der Waals surface area contributed by atoms with E-state index in [1.165, 1.54) is 16.7 Å². The van der Waals surface area contributed by atoms with Crippen molar-refractivity contribution in [3.8, 4) is 79.4 Å². The highest BCUT2D eigenvalue weighted by molar-refractivity contribution is 5.92. The van der Waals surface area contributed by atoms with Gasteiger partial charge < -0.3 is 9.47 Å². The van der Waals surface area contributed by atoms with E-state index in [1.807, 2.05) is 84.9 Å². The number of hydrogen-bond donors (Lipinski definition) is 0. The first kappa shape index (κ1) is 32.8. The number of fused-ring (bicyclic) bond motifs is 6. The molecule has 11 rings (SSSR count). The van der Waals surface area contributed by atoms with Crippen molar-refractivity contribution < 1.29 is 9.47 Å². The number of aromatic nitrogens is 3. The second-order valence-corrected chi connectivity index (χ2v) is 14.3. The average molecular weight is 732 g/mol. The van der Waals surface area contributed by atoms with Gasteiger partial charge in [0.2, 0.25) is 0 Å². The molecule has 1 aliphatic carbocycles. The molecule has 5 heteroatoms. The summed E-state index contributed by atoms with van der Waals surface area (Å²) in [6.07, 6.45) is 0. The Morgan fingerprint density at radius 1 is 0.333 bits per heavy atom. The molecule has 0 atom stereocenters. The van der Waals surface area contributed by atoms with Gasteiger partial charge >= 0.3 is 0 Å². The largest absolute Gasteiger partial charge is 0.449 e. The fourth-order valence-electron chi connectivity index (χ4n) is 8.58. The number of nitrogens with zero attached hydrogens (tertiary/aromatic N) is 3. The Hall–Kier alpha value is -7.63. The van der Waals surface area contributed by atoms with Crippen LogP contribution in [0.5, 0.6) is 23.0 Å². The lowest BCUT2D eigenvalue weighted by Gasteiger charge is -2.34. The summed E-state index contributed by atoms with van der Waals surface area (Å²) >= 11 is 0. The van der Waals surface area contributed by atoms with Crippen LogP contribution >= 0.6 is 0 Å². The second kappa shape index (κ2) is 13.3. The van der Waals surface area contributed by atoms with Crippen molar-refractivity contribution in [3.63, 3.8) is 0 Å². The Kier molecular flexibility index (Phi) is 7.64. The van der Waals surface area contributed by atoms with E-state index < -0.39 is 5.41 Å². The van der Waals surface area contributed by atoms with Crippen molar-refractivity contribution in [3.05, 3.63) is 222 Å². The van der Waals surface area contributed by atoms with Crippen molar-refractivity contribution in [1.82, 2.24) is 15.0 Å². The molecule has 0 unspecified atom stereocenters. The van der Waals surface area contributed by atoms with E-state index in [9.17, 15) is 0 Å². The number of benzene rings is 8. The van der Waals surface area contributed by atoms with Gasteiger partial charge in [0.25, 0.3) is 0 Å². The summed E-state index contributed by atoms with van der Waals surface area (Å²) in [6.45, 7) is 0. The third-order valence-electron chi connectivity index (χ3n) is 11.1. The van der Waals surface area contributed by atoms with Crippen molar-refractivity contribution in [2.45, 2.75) is 5.41 Å². The van der Waals surface area contributed by atoms with Crippen molar-refractivity contribution in [2.75, 3.05) is 0 Å². The summed E-state index contributed by atoms with van der Waals surface area (Å²) in [5, 5.41) is 0. The quantitative estimate of drug-likeness (QED) is 0.170. The smallest absolute Gasteiger partial charge is 0.178 e. The van der Waals surface area contributed by atoms with Gasteiger partial charge in [-0.2, -0.15) is 0 Å². The van der Waals surface area contributed by atoms with Crippen LogP contribution in [0.25, 0.3) is 56.4 Å². The molecule has 5 nitrogen and oxygen atoms in total. The van der Waals surface area contributed by atoms with Crippen LogP contribution in [-0.2, 0) is 5.41 Å². The molecule has 0 spiro atoms. The summed E-state index contributed by atoms with van der Waals surface area (Å²) in [4.78, 5) is 14.8. The van der Waals surface area contributed by atoms with E-state index in [0.717, 1.165) is 50.3 Å². The van der Waals surface area contributed by atoms with Gasteiger partial charge in [0.15, 0.2) is 40.5 Å². The minimum Gasteiger partial charge on any atom is -0.449 e. The standard InChI is InChI=1S/C52H33N3O2/c1-5-17-34(18-6-1)49-53-50(35-19-7-2-8-20-35)55-51(54-49)37-22-15-21-36(33-37)40-28-16-30-44-47(40)56-45-32-31-43-46(48(45)57-44)41-27-13-14-29-42(41)52(43,38-23-9-3-10-24-38)39-25-11-4-12-26-39/h1-33H. The molecule has 9 aromatic rings. The zero-order chi connectivity index (χ0) is 37.8. The van der Waals surface area contributed by atoms with Crippen LogP contribution in [-0.4, -0.2) is 15.0 Å². The first-order chi connectivity index (χ1) is 28.3. The molecule has 1 aliphatic heterocycles. The van der Waals surface area contributed by atoms with Crippen LogP contribution in [0.4, 0.5) is 0 Å². The predicted octanol–water partition coefficient (Wildman–Crippen LogP) is 12.8. The van der Waals surface area contributed by atoms with Gasteiger partial charge in [0.1, 0.15) is 0 Å². The van der Waals surface area contributed by atoms with E-state index in [2.05, 4.69) is 115 Å². The molecule has 0 saturated heterocycles. The molecule has 57 heavy (non-hydrogen) atoms. The van der Waals surface area contributed by atoms with Gasteiger partial charge in [-0.1, -0.05) is 182 Å². The normalized spacial score (nSPS) is 13.0. The molecule has 0 amide bonds. The lowest BCUT2D eigenvalue weighted by atomic mass is 9.68. The lowest BCUT2D eigenvalue weighted by Crippen LogP contribution is -2.28. The molecule has 8 aromatic carbocycles. The molecule has 0 saturated carbocycles. The molecule has 268 valence electrons. The summed E-state index contributed by atoms with van der Waals surface area (Å²) in [6, 6.07) is 68.9. The third-order valence-corrected chi connectivity index (χ3v) is 11.1. The van der Waals surface area contributed by atoms with Crippen molar-refractivity contribution in [1.29, 1.82) is 0 Å². The van der Waals surface area contributed by atoms with Crippen LogP contribution in [0.2, 0.25) is 0 Å². The molecule has 2 heterocycles. The first-order valence-corrected chi connectivity index (χ1v) is 19.1. The molecule has 2 aliphatic rings. The predicted molar refractivity (Wildman–Crippen MR) is 225 cm³/mol. The lowest BCUT2D eigenvalue weighted by molar-refractivity contribution is 0.361. The van der Waals surface area contributed by atoms with Gasteiger partial charge in [-0.3, -0.25) is 0 Å². The average Bonchev–Trinajstić information content (AvgIpc) is 3.61. The Morgan fingerprint density at radius 3 is 1.46 bits per heavy atom. The Bertz CT molecular complexity index is 2850. The molecule has 0 radical (unpaired) electrons. The highest BCUT2D eigenvalue weighted by atomic mass is 16.6. The molecule has 1 aromatic heterocycles. The SMILES string of the molecule is c1ccc(-c2nc(-c3ccccc3)nc(-c3cccc(-c4cccc5c4Oc4ccc6c(c4O5)-c4ccccc4C6(c4ccccc4)c4ccccc4)c3)n2)cc1. The van der Waals surface area contributed by atoms with Crippen LogP contribution in [0.15, 0.2) is 200 Å². The van der Waals surface area contributed by atoms with E-state index in [0.29, 0.717) is 34.7 Å². The fourth-order valence-corrected chi connectivity index (χ4v) is 8.58. The maximum absolute atomic E-state index is 6.99. The molecular weight excluding hydrogens is 699 g/mol. The van der Waals surface area contributed by atoms with Crippen LogP contribution in [0.1, 0.15) is 22.3 Å². The van der Waals surface area contributed by atoms with E-state index >= 15 is 0 Å². The molecule has 0 fully saturated rings. The van der Waals surface area contributed by atoms with Gasteiger partial charge in [0, 0.05) is 27.8 Å². The Balaban J connectivity index is 1.03. The fraction of sp³-hybridized carbons (Fsp3) is 0.0192. The van der Waals surface area contributed by atoms with E-state index in [-0.39, 0.29) is 0 Å². The molecule has 0 bridgehead atoms. The maximum Gasteiger partial charge on any atom is 0.178 e. The van der Waals surface area contributed by atoms with Gasteiger partial charge in [-0.25, -0.2) is 15.0 Å². The third kappa shape index (κ3) is 5.28. The minimum absolute atomic E-state index is 0.537.